The van der Waals surface area contributed by atoms with Gasteiger partial charge in [-0.25, -0.2) is 0 Å². The number of carboxylic acid groups (broad SMARTS) is 1. The maximum absolute atomic E-state index is 11.0. The third kappa shape index (κ3) is 3.18. The second kappa shape index (κ2) is 6.07. The van der Waals surface area contributed by atoms with Crippen molar-refractivity contribution in [3.63, 3.8) is 0 Å². The van der Waals surface area contributed by atoms with Crippen molar-refractivity contribution in [2.45, 2.75) is 19.5 Å². The molecular formula is C14H16ClN3O2. The average molecular weight is 294 g/mol. The van der Waals surface area contributed by atoms with Gasteiger partial charge >= 0.3 is 5.97 Å². The summed E-state index contributed by atoms with van der Waals surface area (Å²) in [7, 11) is 1.77. The number of halogens is 1. The normalized spacial score (nSPS) is 12.6. The number of aliphatic carboxylic acids is 1. The lowest BCUT2D eigenvalue weighted by Crippen LogP contribution is -2.35. The molecule has 6 heteroatoms. The predicted molar refractivity (Wildman–Crippen MR) is 77.6 cm³/mol. The maximum atomic E-state index is 11.0. The number of benzene rings is 1. The Morgan fingerprint density at radius 3 is 2.95 bits per heavy atom. The minimum atomic E-state index is -0.847. The summed E-state index contributed by atoms with van der Waals surface area (Å²) in [5, 5.41) is 16.7. The number of hydrogen-bond donors (Lipinski definition) is 2. The highest BCUT2D eigenvalue weighted by Crippen LogP contribution is 2.25. The fourth-order valence-corrected chi connectivity index (χ4v) is 2.11. The second-order valence-electron chi connectivity index (χ2n) is 4.71. The van der Waals surface area contributed by atoms with Gasteiger partial charge in [0.1, 0.15) is 6.04 Å². The van der Waals surface area contributed by atoms with Gasteiger partial charge in [-0.2, -0.15) is 5.10 Å². The molecule has 0 radical (unpaired) electrons. The van der Waals surface area contributed by atoms with E-state index in [9.17, 15) is 4.79 Å². The van der Waals surface area contributed by atoms with Crippen LogP contribution in [0.1, 0.15) is 12.5 Å². The number of aromatic amines is 1. The van der Waals surface area contributed by atoms with Gasteiger partial charge in [0.15, 0.2) is 0 Å². The van der Waals surface area contributed by atoms with E-state index >= 15 is 0 Å². The lowest BCUT2D eigenvalue weighted by Gasteiger charge is -2.20. The minimum Gasteiger partial charge on any atom is -0.480 e. The predicted octanol–water partition coefficient (Wildman–Crippen LogP) is 2.64. The van der Waals surface area contributed by atoms with Gasteiger partial charge in [0.05, 0.1) is 11.9 Å². The number of nitrogens with one attached hydrogen (secondary N) is 1. The van der Waals surface area contributed by atoms with E-state index in [1.807, 2.05) is 18.2 Å². The summed E-state index contributed by atoms with van der Waals surface area (Å²) in [6.45, 7) is 2.15. The van der Waals surface area contributed by atoms with E-state index in [-0.39, 0.29) is 0 Å². The molecule has 1 unspecified atom stereocenters. The van der Waals surface area contributed by atoms with E-state index in [0.29, 0.717) is 11.6 Å². The zero-order valence-electron chi connectivity index (χ0n) is 11.3. The van der Waals surface area contributed by atoms with Crippen LogP contribution in [0.3, 0.4) is 0 Å². The zero-order valence-corrected chi connectivity index (χ0v) is 12.1. The first-order valence-electron chi connectivity index (χ1n) is 6.20. The number of nitrogens with zero attached hydrogens (tertiary/aromatic N) is 2. The zero-order chi connectivity index (χ0) is 14.7. The molecule has 1 heterocycles. The quantitative estimate of drug-likeness (QED) is 0.889. The summed E-state index contributed by atoms with van der Waals surface area (Å²) in [6.07, 6.45) is 1.71. The number of aromatic nitrogens is 2. The van der Waals surface area contributed by atoms with Crippen LogP contribution >= 0.6 is 11.6 Å². The van der Waals surface area contributed by atoms with Gasteiger partial charge in [-0.3, -0.25) is 14.8 Å². The highest BCUT2D eigenvalue weighted by atomic mass is 35.5. The topological polar surface area (TPSA) is 69.2 Å². The summed E-state index contributed by atoms with van der Waals surface area (Å²) in [4.78, 5) is 12.7. The number of H-pyrrole nitrogens is 1. The Labute approximate surface area is 122 Å². The van der Waals surface area contributed by atoms with Crippen LogP contribution < -0.4 is 0 Å². The number of rotatable bonds is 5. The molecule has 20 heavy (non-hydrogen) atoms. The van der Waals surface area contributed by atoms with Gasteiger partial charge < -0.3 is 5.11 Å². The molecule has 2 N–H and O–H groups in total. The van der Waals surface area contributed by atoms with E-state index in [1.54, 1.807) is 31.1 Å². The molecule has 0 saturated heterocycles. The Bertz CT molecular complexity index is 612. The van der Waals surface area contributed by atoms with Gasteiger partial charge in [-0.05, 0) is 26.1 Å². The Kier molecular flexibility index (Phi) is 4.42. The van der Waals surface area contributed by atoms with Crippen LogP contribution in [0.25, 0.3) is 11.3 Å². The maximum Gasteiger partial charge on any atom is 0.320 e. The minimum absolute atomic E-state index is 0.492. The summed E-state index contributed by atoms with van der Waals surface area (Å²) in [5.74, 6) is -0.847. The number of carbonyl (C=O) groups is 1. The van der Waals surface area contributed by atoms with E-state index in [4.69, 9.17) is 16.7 Å². The molecule has 0 aliphatic heterocycles. The highest BCUT2D eigenvalue weighted by Gasteiger charge is 2.19. The van der Waals surface area contributed by atoms with Crippen LogP contribution in [0, 0.1) is 0 Å². The first kappa shape index (κ1) is 14.6. The molecule has 0 aliphatic carbocycles. The van der Waals surface area contributed by atoms with Crippen LogP contribution in [-0.2, 0) is 11.3 Å². The number of likely N-dealkylation sites (N-methyl/N-ethyl adjacent to an activating group) is 1. The van der Waals surface area contributed by atoms with Gasteiger partial charge in [0.25, 0.3) is 0 Å². The SMILES string of the molecule is CC(C(=O)O)N(C)Cc1cn[nH]c1-c1cccc(Cl)c1. The molecule has 0 spiro atoms. The Morgan fingerprint density at radius 2 is 2.30 bits per heavy atom. The summed E-state index contributed by atoms with van der Waals surface area (Å²) in [5.41, 5.74) is 2.72. The molecule has 0 aliphatic rings. The Morgan fingerprint density at radius 1 is 1.55 bits per heavy atom. The lowest BCUT2D eigenvalue weighted by atomic mass is 10.1. The second-order valence-corrected chi connectivity index (χ2v) is 5.15. The monoisotopic (exact) mass is 293 g/mol. The van der Waals surface area contributed by atoms with E-state index in [1.165, 1.54) is 0 Å². The molecule has 0 saturated carbocycles. The van der Waals surface area contributed by atoms with Crippen molar-refractivity contribution in [1.82, 2.24) is 15.1 Å². The average Bonchev–Trinajstić information content (AvgIpc) is 2.85. The van der Waals surface area contributed by atoms with Crippen molar-refractivity contribution >= 4 is 17.6 Å². The van der Waals surface area contributed by atoms with E-state index < -0.39 is 12.0 Å². The fraction of sp³-hybridized carbons (Fsp3) is 0.286. The van der Waals surface area contributed by atoms with Crippen molar-refractivity contribution in [1.29, 1.82) is 0 Å². The van der Waals surface area contributed by atoms with E-state index in [0.717, 1.165) is 16.8 Å². The van der Waals surface area contributed by atoms with Crippen LogP contribution in [-0.4, -0.2) is 39.3 Å². The van der Waals surface area contributed by atoms with Crippen LogP contribution in [0.5, 0.6) is 0 Å². The van der Waals surface area contributed by atoms with Crippen LogP contribution in [0.4, 0.5) is 0 Å². The smallest absolute Gasteiger partial charge is 0.320 e. The molecule has 0 amide bonds. The lowest BCUT2D eigenvalue weighted by molar-refractivity contribution is -0.142. The van der Waals surface area contributed by atoms with Crippen molar-refractivity contribution in [3.05, 3.63) is 41.0 Å². The molecular weight excluding hydrogens is 278 g/mol. The van der Waals surface area contributed by atoms with Gasteiger partial charge in [0.2, 0.25) is 0 Å². The molecule has 1 aromatic carbocycles. The van der Waals surface area contributed by atoms with Crippen molar-refractivity contribution < 1.29 is 9.90 Å². The molecule has 0 bridgehead atoms. The standard InChI is InChI=1S/C14H16ClN3O2/c1-9(14(19)20)18(2)8-11-7-16-17-13(11)10-4-3-5-12(15)6-10/h3-7,9H,8H2,1-2H3,(H,16,17)(H,19,20). The first-order chi connectivity index (χ1) is 9.49. The molecule has 2 aromatic rings. The Hall–Kier alpha value is -1.85. The number of hydrogen-bond acceptors (Lipinski definition) is 3. The van der Waals surface area contributed by atoms with Gasteiger partial charge in [-0.1, -0.05) is 23.7 Å². The highest BCUT2D eigenvalue weighted by molar-refractivity contribution is 6.30. The van der Waals surface area contributed by atoms with Crippen LogP contribution in [0.15, 0.2) is 30.5 Å². The molecule has 2 rings (SSSR count). The molecule has 5 nitrogen and oxygen atoms in total. The van der Waals surface area contributed by atoms with Gasteiger partial charge in [0, 0.05) is 22.7 Å². The molecule has 1 aromatic heterocycles. The molecule has 0 fully saturated rings. The fourth-order valence-electron chi connectivity index (χ4n) is 1.92. The van der Waals surface area contributed by atoms with Crippen molar-refractivity contribution in [2.75, 3.05) is 7.05 Å². The molecule has 1 atom stereocenters. The summed E-state index contributed by atoms with van der Waals surface area (Å²) < 4.78 is 0. The van der Waals surface area contributed by atoms with Crippen LogP contribution in [0.2, 0.25) is 5.02 Å². The molecule has 106 valence electrons. The largest absolute Gasteiger partial charge is 0.480 e. The van der Waals surface area contributed by atoms with E-state index in [2.05, 4.69) is 10.2 Å². The summed E-state index contributed by atoms with van der Waals surface area (Å²) in [6, 6.07) is 6.89. The van der Waals surface area contributed by atoms with Gasteiger partial charge in [-0.15, -0.1) is 0 Å². The Balaban J connectivity index is 2.23. The summed E-state index contributed by atoms with van der Waals surface area (Å²) >= 11 is 5.99. The van der Waals surface area contributed by atoms with Crippen molar-refractivity contribution in [3.8, 4) is 11.3 Å². The third-order valence-electron chi connectivity index (χ3n) is 3.27. The van der Waals surface area contributed by atoms with Crippen molar-refractivity contribution in [2.24, 2.45) is 0 Å². The number of carboxylic acids is 1. The third-order valence-corrected chi connectivity index (χ3v) is 3.50. The first-order valence-corrected chi connectivity index (χ1v) is 6.58.